The van der Waals surface area contributed by atoms with E-state index in [4.69, 9.17) is 26.8 Å². The van der Waals surface area contributed by atoms with Gasteiger partial charge in [-0.2, -0.15) is 9.97 Å². The maximum atomic E-state index is 16.0. The van der Waals surface area contributed by atoms with Gasteiger partial charge in [0.2, 0.25) is 0 Å². The first-order valence-electron chi connectivity index (χ1n) is 13.5. The van der Waals surface area contributed by atoms with Crippen molar-refractivity contribution in [3.8, 4) is 17.1 Å². The predicted octanol–water partition coefficient (Wildman–Crippen LogP) is 6.39. The summed E-state index contributed by atoms with van der Waals surface area (Å²) in [6.07, 6.45) is 3.63. The third-order valence-electron chi connectivity index (χ3n) is 6.66. The zero-order valence-electron chi connectivity index (χ0n) is 23.3. The number of nitrogens with zero attached hydrogens (tertiary/aromatic N) is 5. The van der Waals surface area contributed by atoms with E-state index in [9.17, 15) is 4.39 Å². The minimum atomic E-state index is -0.667. The largest absolute Gasteiger partial charge is 0.467 e. The molecule has 0 radical (unpaired) electrons. The van der Waals surface area contributed by atoms with E-state index in [2.05, 4.69) is 26.9 Å². The molecule has 2 aromatic heterocycles. The first-order valence-corrected chi connectivity index (χ1v) is 14.7. The second kappa shape index (κ2) is 13.7. The number of thiazole rings is 1. The summed E-state index contributed by atoms with van der Waals surface area (Å²) in [5, 5.41) is 0.768. The Labute approximate surface area is 242 Å². The molecule has 0 bridgehead atoms. The zero-order chi connectivity index (χ0) is 28.8. The van der Waals surface area contributed by atoms with Gasteiger partial charge >= 0.3 is 6.01 Å². The molecule has 4 heterocycles. The van der Waals surface area contributed by atoms with Crippen LogP contribution in [0.15, 0.2) is 18.2 Å². The van der Waals surface area contributed by atoms with Crippen LogP contribution in [0.25, 0.3) is 32.2 Å². The molecular formula is C28H35ClF2N6O2S. The van der Waals surface area contributed by atoms with Gasteiger partial charge in [0.1, 0.15) is 17.2 Å². The number of hydrogen-bond acceptors (Lipinski definition) is 9. The molecule has 2 aliphatic heterocycles. The van der Waals surface area contributed by atoms with Crippen molar-refractivity contribution in [1.29, 1.82) is 0 Å². The van der Waals surface area contributed by atoms with Crippen molar-refractivity contribution in [2.24, 2.45) is 0 Å². The summed E-state index contributed by atoms with van der Waals surface area (Å²) in [5.74, 6) is -0.628. The van der Waals surface area contributed by atoms with E-state index >= 15 is 4.39 Å². The Kier molecular flexibility index (Phi) is 10.3. The molecule has 4 aromatic rings. The lowest BCUT2D eigenvalue weighted by molar-refractivity contribution is 0.152. The minimum absolute atomic E-state index is 0.0343. The topological polar surface area (TPSA) is 89.6 Å². The summed E-state index contributed by atoms with van der Waals surface area (Å²) >= 11 is 7.58. The van der Waals surface area contributed by atoms with Crippen molar-refractivity contribution in [2.45, 2.75) is 33.1 Å². The molecule has 0 amide bonds. The van der Waals surface area contributed by atoms with Crippen LogP contribution >= 0.6 is 22.9 Å². The highest BCUT2D eigenvalue weighted by atomic mass is 35.5. The number of likely N-dealkylation sites (tertiary alicyclic amines) is 1. The van der Waals surface area contributed by atoms with Gasteiger partial charge < -0.3 is 25.0 Å². The smallest absolute Gasteiger partial charge is 0.318 e. The molecule has 0 atom stereocenters. The molecule has 40 heavy (non-hydrogen) atoms. The number of nitrogen functional groups attached to an aromatic ring is 1. The molecule has 2 aromatic carbocycles. The fourth-order valence-corrected chi connectivity index (χ4v) is 5.82. The second-order valence-corrected chi connectivity index (χ2v) is 10.7. The molecule has 0 aliphatic carbocycles. The number of benzene rings is 2. The van der Waals surface area contributed by atoms with Crippen LogP contribution in [-0.4, -0.2) is 73.4 Å². The molecule has 8 nitrogen and oxygen atoms in total. The van der Waals surface area contributed by atoms with E-state index in [1.54, 1.807) is 6.07 Å². The highest BCUT2D eigenvalue weighted by Gasteiger charge is 2.25. The molecule has 216 valence electrons. The van der Waals surface area contributed by atoms with Gasteiger partial charge in [0.05, 0.1) is 29.0 Å². The number of methoxy groups -OCH3 is 1. The monoisotopic (exact) mass is 592 g/mol. The van der Waals surface area contributed by atoms with Gasteiger partial charge in [-0.25, -0.2) is 13.8 Å². The van der Waals surface area contributed by atoms with Crippen molar-refractivity contribution in [3.63, 3.8) is 0 Å². The molecule has 2 saturated heterocycles. The van der Waals surface area contributed by atoms with E-state index < -0.39 is 11.6 Å². The Hall–Kier alpha value is -2.86. The van der Waals surface area contributed by atoms with Crippen molar-refractivity contribution < 1.29 is 18.3 Å². The molecule has 2 N–H and O–H groups in total. The highest BCUT2D eigenvalue weighted by Crippen LogP contribution is 2.42. The van der Waals surface area contributed by atoms with Crippen LogP contribution in [0.2, 0.25) is 5.02 Å². The Morgan fingerprint density at radius 2 is 1.75 bits per heavy atom. The first kappa shape index (κ1) is 30.1. The summed E-state index contributed by atoms with van der Waals surface area (Å²) in [4.78, 5) is 17.3. The summed E-state index contributed by atoms with van der Waals surface area (Å²) in [7, 11) is 3.60. The number of aromatic nitrogens is 3. The van der Waals surface area contributed by atoms with Crippen LogP contribution in [0.1, 0.15) is 33.1 Å². The standard InChI is InChI=1S/C21H18ClF2N5O2S.C5H11N.C2H6/c1-30-21-27-16-11(19(28-21)29-5-2-7-31-8-6-29)9-12(22)14(15(16)24)10-3-4-13(23)18-17(10)26-20(25)32-18;1-6-4-2-3-5-6;1-2/h3-4,9H,2,5-8H2,1H3,(H2,25,26);2-5H2,1H3;1-2H3. The fraction of sp³-hybridized carbons (Fsp3) is 0.464. The lowest BCUT2D eigenvalue weighted by atomic mass is 10.0. The van der Waals surface area contributed by atoms with Gasteiger partial charge in [0, 0.05) is 36.2 Å². The van der Waals surface area contributed by atoms with Crippen molar-refractivity contribution in [2.75, 3.05) is 64.2 Å². The summed E-state index contributed by atoms with van der Waals surface area (Å²) in [6.45, 7) is 9.09. The van der Waals surface area contributed by atoms with Gasteiger partial charge in [-0.1, -0.05) is 36.8 Å². The van der Waals surface area contributed by atoms with Gasteiger partial charge in [-0.15, -0.1) is 0 Å². The number of anilines is 2. The molecule has 0 saturated carbocycles. The Balaban J connectivity index is 0.000000404. The van der Waals surface area contributed by atoms with Crippen LogP contribution in [0, 0.1) is 11.6 Å². The maximum Gasteiger partial charge on any atom is 0.318 e. The number of rotatable bonds is 3. The van der Waals surface area contributed by atoms with Crippen LogP contribution in [0.4, 0.5) is 19.7 Å². The second-order valence-electron chi connectivity index (χ2n) is 9.27. The average molecular weight is 593 g/mol. The first-order chi connectivity index (χ1) is 19.4. The minimum Gasteiger partial charge on any atom is -0.467 e. The van der Waals surface area contributed by atoms with E-state index in [0.29, 0.717) is 43.1 Å². The molecule has 0 unspecified atom stereocenters. The van der Waals surface area contributed by atoms with Crippen molar-refractivity contribution in [3.05, 3.63) is 34.9 Å². The lowest BCUT2D eigenvalue weighted by Gasteiger charge is -2.23. The quantitative estimate of drug-likeness (QED) is 0.293. The van der Waals surface area contributed by atoms with Crippen molar-refractivity contribution in [1.82, 2.24) is 19.9 Å². The van der Waals surface area contributed by atoms with E-state index in [-0.39, 0.29) is 37.5 Å². The van der Waals surface area contributed by atoms with Gasteiger partial charge in [-0.3, -0.25) is 0 Å². The summed E-state index contributed by atoms with van der Waals surface area (Å²) in [5.41, 5.74) is 6.49. The maximum absolute atomic E-state index is 16.0. The predicted molar refractivity (Wildman–Crippen MR) is 160 cm³/mol. The van der Waals surface area contributed by atoms with E-state index in [1.807, 2.05) is 18.7 Å². The fourth-order valence-electron chi connectivity index (χ4n) is 4.77. The number of hydrogen-bond donors (Lipinski definition) is 1. The molecular weight excluding hydrogens is 558 g/mol. The zero-order valence-corrected chi connectivity index (χ0v) is 24.8. The van der Waals surface area contributed by atoms with Crippen LogP contribution in [0.5, 0.6) is 6.01 Å². The van der Waals surface area contributed by atoms with E-state index in [0.717, 1.165) is 17.8 Å². The lowest BCUT2D eigenvalue weighted by Crippen LogP contribution is -2.27. The number of ether oxygens (including phenoxy) is 2. The van der Waals surface area contributed by atoms with Crippen LogP contribution in [-0.2, 0) is 4.74 Å². The van der Waals surface area contributed by atoms with Gasteiger partial charge in [0.15, 0.2) is 10.9 Å². The summed E-state index contributed by atoms with van der Waals surface area (Å²) in [6, 6.07) is 4.35. The molecule has 6 rings (SSSR count). The Morgan fingerprint density at radius 3 is 2.42 bits per heavy atom. The highest BCUT2D eigenvalue weighted by molar-refractivity contribution is 7.22. The average Bonchev–Trinajstić information content (AvgIpc) is 3.51. The van der Waals surface area contributed by atoms with Crippen molar-refractivity contribution >= 4 is 55.0 Å². The SMILES string of the molecule is CC.CN1CCCC1.COc1nc(N2CCCOCC2)c2cc(Cl)c(-c3ccc(F)c4sc(N)nc34)c(F)c2n1. The molecule has 0 spiro atoms. The van der Waals surface area contributed by atoms with E-state index in [1.165, 1.54) is 45.2 Å². The number of nitrogens with two attached hydrogens (primary N) is 1. The van der Waals surface area contributed by atoms with Gasteiger partial charge in [0.25, 0.3) is 0 Å². The normalized spacial score (nSPS) is 15.8. The molecule has 2 fully saturated rings. The third-order valence-corrected chi connectivity index (χ3v) is 7.85. The number of fused-ring (bicyclic) bond motifs is 2. The Bertz CT molecular complexity index is 1460. The molecule has 2 aliphatic rings. The Morgan fingerprint density at radius 1 is 1.00 bits per heavy atom. The van der Waals surface area contributed by atoms with Crippen LogP contribution in [0.3, 0.4) is 0 Å². The molecule has 12 heteroatoms. The third kappa shape index (κ3) is 6.38. The summed E-state index contributed by atoms with van der Waals surface area (Å²) < 4.78 is 41.3. The van der Waals surface area contributed by atoms with Crippen LogP contribution < -0.4 is 15.4 Å². The number of halogens is 3. The van der Waals surface area contributed by atoms with Gasteiger partial charge in [-0.05, 0) is 57.6 Å².